The van der Waals surface area contributed by atoms with Gasteiger partial charge in [-0.25, -0.2) is 4.39 Å². The lowest BCUT2D eigenvalue weighted by Gasteiger charge is -2.15. The Kier molecular flexibility index (Phi) is 5.06. The lowest BCUT2D eigenvalue weighted by atomic mass is 10.2. The molecule has 0 heterocycles. The molecule has 0 amide bonds. The molecule has 0 bridgehead atoms. The fourth-order valence-electron chi connectivity index (χ4n) is 1.17. The van der Waals surface area contributed by atoms with Gasteiger partial charge in [0, 0.05) is 18.4 Å². The quantitative estimate of drug-likeness (QED) is 0.767. The zero-order valence-electron chi connectivity index (χ0n) is 7.93. The molecular formula is C10H12Br2FN. The Morgan fingerprint density at radius 1 is 1.43 bits per heavy atom. The minimum absolute atomic E-state index is 0.211. The summed E-state index contributed by atoms with van der Waals surface area (Å²) in [6, 6.07) is 5.12. The van der Waals surface area contributed by atoms with E-state index >= 15 is 0 Å². The summed E-state index contributed by atoms with van der Waals surface area (Å²) in [4.78, 5) is 2.18. The molecule has 0 saturated carbocycles. The average Bonchev–Trinajstić information content (AvgIpc) is 2.12. The molecule has 0 saturated heterocycles. The molecule has 0 aliphatic heterocycles. The van der Waals surface area contributed by atoms with Gasteiger partial charge in [-0.3, -0.25) is 0 Å². The van der Waals surface area contributed by atoms with Gasteiger partial charge in [-0.1, -0.05) is 22.0 Å². The second-order valence-corrected chi connectivity index (χ2v) is 4.82. The lowest BCUT2D eigenvalue weighted by molar-refractivity contribution is 0.349. The van der Waals surface area contributed by atoms with Crippen molar-refractivity contribution in [3.05, 3.63) is 34.1 Å². The smallest absolute Gasteiger partial charge is 0.137 e. The molecule has 0 aliphatic carbocycles. The Balaban J connectivity index is 2.63. The van der Waals surface area contributed by atoms with E-state index in [0.29, 0.717) is 4.47 Å². The molecule has 0 aliphatic rings. The topological polar surface area (TPSA) is 3.24 Å². The third-order valence-electron chi connectivity index (χ3n) is 1.90. The Bertz CT molecular complexity index is 304. The fraction of sp³-hybridized carbons (Fsp3) is 0.400. The highest BCUT2D eigenvalue weighted by Crippen LogP contribution is 2.17. The van der Waals surface area contributed by atoms with Crippen LogP contribution in [-0.4, -0.2) is 23.8 Å². The van der Waals surface area contributed by atoms with Crippen LogP contribution in [0.15, 0.2) is 22.7 Å². The summed E-state index contributed by atoms with van der Waals surface area (Å²) in [5, 5.41) is 0.950. The van der Waals surface area contributed by atoms with Crippen molar-refractivity contribution in [2.45, 2.75) is 6.54 Å². The van der Waals surface area contributed by atoms with E-state index in [1.165, 1.54) is 6.07 Å². The fourth-order valence-corrected chi connectivity index (χ4v) is 2.20. The lowest BCUT2D eigenvalue weighted by Crippen LogP contribution is -2.19. The van der Waals surface area contributed by atoms with Gasteiger partial charge in [0.1, 0.15) is 5.82 Å². The van der Waals surface area contributed by atoms with E-state index in [0.717, 1.165) is 24.0 Å². The molecule has 0 spiro atoms. The van der Waals surface area contributed by atoms with E-state index in [1.807, 2.05) is 19.2 Å². The first-order valence-electron chi connectivity index (χ1n) is 4.32. The van der Waals surface area contributed by atoms with Crippen LogP contribution in [0.2, 0.25) is 0 Å². The van der Waals surface area contributed by atoms with Crippen molar-refractivity contribution >= 4 is 31.9 Å². The van der Waals surface area contributed by atoms with Crippen molar-refractivity contribution < 1.29 is 4.39 Å². The summed E-state index contributed by atoms with van der Waals surface area (Å²) in [7, 11) is 2.04. The highest BCUT2D eigenvalue weighted by Gasteiger charge is 2.02. The van der Waals surface area contributed by atoms with Gasteiger partial charge in [-0.2, -0.15) is 0 Å². The predicted octanol–water partition coefficient (Wildman–Crippen LogP) is 3.41. The van der Waals surface area contributed by atoms with Crippen LogP contribution in [0.4, 0.5) is 4.39 Å². The number of alkyl halides is 1. The van der Waals surface area contributed by atoms with Gasteiger partial charge < -0.3 is 4.90 Å². The molecule has 1 rings (SSSR count). The summed E-state index contributed by atoms with van der Waals surface area (Å²) in [5.74, 6) is -0.211. The van der Waals surface area contributed by atoms with Crippen LogP contribution in [0.1, 0.15) is 5.56 Å². The molecule has 4 heteroatoms. The van der Waals surface area contributed by atoms with Crippen molar-refractivity contribution in [2.75, 3.05) is 18.9 Å². The predicted molar refractivity (Wildman–Crippen MR) is 64.2 cm³/mol. The summed E-state index contributed by atoms with van der Waals surface area (Å²) in [6.45, 7) is 1.82. The number of benzene rings is 1. The highest BCUT2D eigenvalue weighted by atomic mass is 79.9. The first-order chi connectivity index (χ1) is 6.63. The van der Waals surface area contributed by atoms with Crippen molar-refractivity contribution in [1.29, 1.82) is 0 Å². The van der Waals surface area contributed by atoms with Gasteiger partial charge in [0.15, 0.2) is 0 Å². The molecule has 0 unspecified atom stereocenters. The van der Waals surface area contributed by atoms with E-state index < -0.39 is 0 Å². The SMILES string of the molecule is CN(CCBr)Cc1ccc(F)c(Br)c1. The van der Waals surface area contributed by atoms with Crippen molar-refractivity contribution in [3.8, 4) is 0 Å². The van der Waals surface area contributed by atoms with Gasteiger partial charge in [-0.15, -0.1) is 0 Å². The first-order valence-corrected chi connectivity index (χ1v) is 6.23. The third kappa shape index (κ3) is 3.67. The van der Waals surface area contributed by atoms with Crippen molar-refractivity contribution in [1.82, 2.24) is 4.90 Å². The zero-order valence-corrected chi connectivity index (χ0v) is 11.1. The van der Waals surface area contributed by atoms with Gasteiger partial charge in [-0.05, 0) is 40.7 Å². The molecule has 0 atom stereocenters. The minimum atomic E-state index is -0.211. The molecule has 14 heavy (non-hydrogen) atoms. The molecular weight excluding hydrogens is 313 g/mol. The van der Waals surface area contributed by atoms with Crippen LogP contribution < -0.4 is 0 Å². The Morgan fingerprint density at radius 3 is 2.71 bits per heavy atom. The largest absolute Gasteiger partial charge is 0.301 e. The maximum Gasteiger partial charge on any atom is 0.137 e. The zero-order chi connectivity index (χ0) is 10.6. The summed E-state index contributed by atoms with van der Waals surface area (Å²) in [5.41, 5.74) is 1.11. The summed E-state index contributed by atoms with van der Waals surface area (Å²) < 4.78 is 13.4. The van der Waals surface area contributed by atoms with Crippen LogP contribution in [0, 0.1) is 5.82 Å². The molecule has 1 aromatic carbocycles. The number of rotatable bonds is 4. The number of nitrogens with zero attached hydrogens (tertiary/aromatic N) is 1. The number of halogens is 3. The van der Waals surface area contributed by atoms with Gasteiger partial charge >= 0.3 is 0 Å². The Labute approximate surface area is 101 Å². The van der Waals surface area contributed by atoms with Crippen molar-refractivity contribution in [3.63, 3.8) is 0 Å². The average molecular weight is 325 g/mol. The second kappa shape index (κ2) is 5.83. The van der Waals surface area contributed by atoms with E-state index in [1.54, 1.807) is 0 Å². The van der Waals surface area contributed by atoms with Crippen LogP contribution in [0.3, 0.4) is 0 Å². The van der Waals surface area contributed by atoms with Gasteiger partial charge in [0.25, 0.3) is 0 Å². The van der Waals surface area contributed by atoms with Crippen molar-refractivity contribution in [2.24, 2.45) is 0 Å². The number of hydrogen-bond acceptors (Lipinski definition) is 1. The molecule has 1 nitrogen and oxygen atoms in total. The normalized spacial score (nSPS) is 10.9. The third-order valence-corrected chi connectivity index (χ3v) is 2.87. The molecule has 0 aromatic heterocycles. The van der Waals surface area contributed by atoms with E-state index in [9.17, 15) is 4.39 Å². The maximum absolute atomic E-state index is 12.9. The van der Waals surface area contributed by atoms with E-state index in [-0.39, 0.29) is 5.82 Å². The van der Waals surface area contributed by atoms with Gasteiger partial charge in [0.05, 0.1) is 4.47 Å². The van der Waals surface area contributed by atoms with Gasteiger partial charge in [0.2, 0.25) is 0 Å². The van der Waals surface area contributed by atoms with Crippen LogP contribution in [-0.2, 0) is 6.54 Å². The highest BCUT2D eigenvalue weighted by molar-refractivity contribution is 9.10. The summed E-state index contributed by atoms with van der Waals surface area (Å²) >= 11 is 6.55. The second-order valence-electron chi connectivity index (χ2n) is 3.18. The van der Waals surface area contributed by atoms with Crippen LogP contribution in [0.25, 0.3) is 0 Å². The van der Waals surface area contributed by atoms with Crippen LogP contribution in [0.5, 0.6) is 0 Å². The maximum atomic E-state index is 12.9. The molecule has 78 valence electrons. The number of hydrogen-bond donors (Lipinski definition) is 0. The Hall–Kier alpha value is 0.0700. The summed E-state index contributed by atoms with van der Waals surface area (Å²) in [6.07, 6.45) is 0. The van der Waals surface area contributed by atoms with E-state index in [2.05, 4.69) is 36.8 Å². The molecule has 0 radical (unpaired) electrons. The molecule has 1 aromatic rings. The minimum Gasteiger partial charge on any atom is -0.301 e. The Morgan fingerprint density at radius 2 is 2.14 bits per heavy atom. The first kappa shape index (κ1) is 12.1. The monoisotopic (exact) mass is 323 g/mol. The molecule has 0 fully saturated rings. The molecule has 0 N–H and O–H groups in total. The van der Waals surface area contributed by atoms with Crippen LogP contribution >= 0.6 is 31.9 Å². The standard InChI is InChI=1S/C10H12Br2FN/c1-14(5-4-11)7-8-2-3-10(13)9(12)6-8/h2-3,6H,4-5,7H2,1H3. The van der Waals surface area contributed by atoms with E-state index in [4.69, 9.17) is 0 Å².